The molecule has 136 valence electrons. The quantitative estimate of drug-likeness (QED) is 0.739. The minimum absolute atomic E-state index is 0.365. The number of ether oxygens (including phenoxy) is 2. The number of allylic oxidation sites excluding steroid dienone is 1. The molecule has 0 saturated heterocycles. The van der Waals surface area contributed by atoms with Gasteiger partial charge in [0.1, 0.15) is 0 Å². The second kappa shape index (κ2) is 7.65. The van der Waals surface area contributed by atoms with E-state index in [1.165, 1.54) is 28.1 Å². The standard InChI is InChI=1S/C23H27NO2/c1-16-20-10-6-7-11-21(20)24-23(17-8-4-3-5-9-17)22(16)18-14-19(15-18)26-13-12-25-2/h3-11,16,18-19,24H,12-15H2,1-2H3. The first-order valence-electron chi connectivity index (χ1n) is 9.54. The van der Waals surface area contributed by atoms with Crippen molar-refractivity contribution in [1.82, 2.24) is 0 Å². The molecular formula is C23H27NO2. The number of rotatable bonds is 6. The number of para-hydroxylation sites is 1. The smallest absolute Gasteiger partial charge is 0.0704 e. The van der Waals surface area contributed by atoms with Crippen LogP contribution in [0.5, 0.6) is 0 Å². The zero-order chi connectivity index (χ0) is 17.9. The average molecular weight is 349 g/mol. The van der Waals surface area contributed by atoms with E-state index < -0.39 is 0 Å². The van der Waals surface area contributed by atoms with Gasteiger partial charge in [0, 0.05) is 24.4 Å². The van der Waals surface area contributed by atoms with Gasteiger partial charge in [0.15, 0.2) is 0 Å². The summed E-state index contributed by atoms with van der Waals surface area (Å²) in [5.74, 6) is 1.00. The number of methoxy groups -OCH3 is 1. The lowest BCUT2D eigenvalue weighted by Crippen LogP contribution is -2.36. The third-order valence-electron chi connectivity index (χ3n) is 5.68. The molecule has 1 N–H and O–H groups in total. The van der Waals surface area contributed by atoms with Crippen LogP contribution in [0.3, 0.4) is 0 Å². The van der Waals surface area contributed by atoms with Gasteiger partial charge in [-0.15, -0.1) is 0 Å². The van der Waals surface area contributed by atoms with Crippen LogP contribution < -0.4 is 5.32 Å². The summed E-state index contributed by atoms with van der Waals surface area (Å²) in [4.78, 5) is 0. The summed E-state index contributed by atoms with van der Waals surface area (Å²) in [5.41, 5.74) is 6.71. The van der Waals surface area contributed by atoms with Gasteiger partial charge in [-0.2, -0.15) is 0 Å². The number of fused-ring (bicyclic) bond motifs is 1. The predicted octanol–water partition coefficient (Wildman–Crippen LogP) is 5.07. The van der Waals surface area contributed by atoms with Crippen molar-refractivity contribution in [2.75, 3.05) is 25.6 Å². The van der Waals surface area contributed by atoms with E-state index in [0.29, 0.717) is 31.2 Å². The van der Waals surface area contributed by atoms with Crippen LogP contribution >= 0.6 is 0 Å². The van der Waals surface area contributed by atoms with Crippen molar-refractivity contribution in [2.24, 2.45) is 5.92 Å². The summed E-state index contributed by atoms with van der Waals surface area (Å²) in [6, 6.07) is 19.4. The molecule has 1 saturated carbocycles. The van der Waals surface area contributed by atoms with Gasteiger partial charge in [-0.1, -0.05) is 55.5 Å². The highest BCUT2D eigenvalue weighted by Gasteiger charge is 2.38. The first-order valence-corrected chi connectivity index (χ1v) is 9.54. The Morgan fingerprint density at radius 3 is 2.46 bits per heavy atom. The Balaban J connectivity index is 1.61. The van der Waals surface area contributed by atoms with Crippen LogP contribution in [0.15, 0.2) is 60.2 Å². The highest BCUT2D eigenvalue weighted by Crippen LogP contribution is 2.49. The van der Waals surface area contributed by atoms with Crippen LogP contribution in [0.4, 0.5) is 5.69 Å². The molecule has 0 spiro atoms. The Labute approximate surface area is 156 Å². The van der Waals surface area contributed by atoms with E-state index in [1.54, 1.807) is 7.11 Å². The molecule has 3 heteroatoms. The summed E-state index contributed by atoms with van der Waals surface area (Å²) in [6.07, 6.45) is 2.57. The molecule has 0 bridgehead atoms. The van der Waals surface area contributed by atoms with Crippen LogP contribution in [-0.2, 0) is 9.47 Å². The van der Waals surface area contributed by atoms with Crippen molar-refractivity contribution in [3.05, 3.63) is 71.3 Å². The molecule has 2 aliphatic rings. The van der Waals surface area contributed by atoms with E-state index in [2.05, 4.69) is 66.8 Å². The molecular weight excluding hydrogens is 322 g/mol. The van der Waals surface area contributed by atoms with Gasteiger partial charge in [0.05, 0.1) is 19.3 Å². The third kappa shape index (κ3) is 3.29. The summed E-state index contributed by atoms with van der Waals surface area (Å²) in [7, 11) is 1.72. The Morgan fingerprint density at radius 1 is 0.962 bits per heavy atom. The molecule has 3 nitrogen and oxygen atoms in total. The lowest BCUT2D eigenvalue weighted by molar-refractivity contribution is -0.0402. The van der Waals surface area contributed by atoms with Crippen LogP contribution in [0.2, 0.25) is 0 Å². The number of anilines is 1. The second-order valence-corrected chi connectivity index (χ2v) is 7.28. The van der Waals surface area contributed by atoms with Gasteiger partial charge in [0.25, 0.3) is 0 Å². The SMILES string of the molecule is COCCOC1CC(C2=C(c3ccccc3)Nc3ccccc3C2C)C1. The van der Waals surface area contributed by atoms with Crippen molar-refractivity contribution in [2.45, 2.75) is 31.8 Å². The third-order valence-corrected chi connectivity index (χ3v) is 5.68. The molecule has 1 heterocycles. The predicted molar refractivity (Wildman–Crippen MR) is 106 cm³/mol. The van der Waals surface area contributed by atoms with Crippen LogP contribution in [0.1, 0.15) is 36.8 Å². The Hall–Kier alpha value is -2.10. The highest BCUT2D eigenvalue weighted by molar-refractivity contribution is 5.85. The van der Waals surface area contributed by atoms with E-state index in [1.807, 2.05) is 0 Å². The van der Waals surface area contributed by atoms with E-state index in [4.69, 9.17) is 9.47 Å². The van der Waals surface area contributed by atoms with Crippen LogP contribution in [0.25, 0.3) is 5.70 Å². The summed E-state index contributed by atoms with van der Waals surface area (Å²) < 4.78 is 11.0. The van der Waals surface area contributed by atoms with Gasteiger partial charge in [0.2, 0.25) is 0 Å². The number of hydrogen-bond donors (Lipinski definition) is 1. The second-order valence-electron chi connectivity index (χ2n) is 7.28. The minimum atomic E-state index is 0.365. The molecule has 2 aromatic carbocycles. The largest absolute Gasteiger partial charge is 0.382 e. The molecule has 1 fully saturated rings. The van der Waals surface area contributed by atoms with Crippen LogP contribution in [0, 0.1) is 5.92 Å². The number of hydrogen-bond acceptors (Lipinski definition) is 3. The number of nitrogens with one attached hydrogen (secondary N) is 1. The van der Waals surface area contributed by atoms with E-state index in [0.717, 1.165) is 12.8 Å². The first kappa shape index (κ1) is 17.3. The van der Waals surface area contributed by atoms with E-state index >= 15 is 0 Å². The zero-order valence-corrected chi connectivity index (χ0v) is 15.6. The van der Waals surface area contributed by atoms with Gasteiger partial charge in [-0.25, -0.2) is 0 Å². The van der Waals surface area contributed by atoms with Gasteiger partial charge >= 0.3 is 0 Å². The van der Waals surface area contributed by atoms with Crippen molar-refractivity contribution in [1.29, 1.82) is 0 Å². The zero-order valence-electron chi connectivity index (χ0n) is 15.6. The van der Waals surface area contributed by atoms with Crippen molar-refractivity contribution >= 4 is 11.4 Å². The van der Waals surface area contributed by atoms with Crippen LogP contribution in [-0.4, -0.2) is 26.4 Å². The first-order chi connectivity index (χ1) is 12.8. The topological polar surface area (TPSA) is 30.5 Å². The maximum atomic E-state index is 5.92. The van der Waals surface area contributed by atoms with Crippen molar-refractivity contribution in [3.63, 3.8) is 0 Å². The Bertz CT molecular complexity index is 778. The fraction of sp³-hybridized carbons (Fsp3) is 0.391. The monoisotopic (exact) mass is 349 g/mol. The van der Waals surface area contributed by atoms with E-state index in [9.17, 15) is 0 Å². The van der Waals surface area contributed by atoms with Crippen molar-refractivity contribution in [3.8, 4) is 0 Å². The number of benzene rings is 2. The van der Waals surface area contributed by atoms with Gasteiger partial charge in [-0.3, -0.25) is 0 Å². The molecule has 0 aromatic heterocycles. The maximum absolute atomic E-state index is 5.92. The molecule has 1 aliphatic heterocycles. The lowest BCUT2D eigenvalue weighted by Gasteiger charge is -2.42. The summed E-state index contributed by atoms with van der Waals surface area (Å²) in [6.45, 7) is 3.70. The molecule has 0 radical (unpaired) electrons. The molecule has 26 heavy (non-hydrogen) atoms. The van der Waals surface area contributed by atoms with Gasteiger partial charge in [-0.05, 0) is 41.5 Å². The molecule has 1 aliphatic carbocycles. The fourth-order valence-corrected chi connectivity index (χ4v) is 4.23. The molecule has 1 atom stereocenters. The van der Waals surface area contributed by atoms with Gasteiger partial charge < -0.3 is 14.8 Å². The van der Waals surface area contributed by atoms with E-state index in [-0.39, 0.29) is 0 Å². The molecule has 4 rings (SSSR count). The molecule has 0 amide bonds. The Kier molecular flexibility index (Phi) is 5.09. The minimum Gasteiger partial charge on any atom is -0.382 e. The van der Waals surface area contributed by atoms with Crippen molar-refractivity contribution < 1.29 is 9.47 Å². The molecule has 1 unspecified atom stereocenters. The summed E-state index contributed by atoms with van der Waals surface area (Å²) >= 11 is 0. The summed E-state index contributed by atoms with van der Waals surface area (Å²) in [5, 5.41) is 3.73. The average Bonchev–Trinajstić information content (AvgIpc) is 2.65. The highest BCUT2D eigenvalue weighted by atomic mass is 16.5. The normalized spacial score (nSPS) is 24.6. The Morgan fingerprint density at radius 2 is 1.69 bits per heavy atom. The maximum Gasteiger partial charge on any atom is 0.0704 e. The fourth-order valence-electron chi connectivity index (χ4n) is 4.23. The lowest BCUT2D eigenvalue weighted by atomic mass is 9.69. The molecule has 2 aromatic rings.